The molecule has 0 saturated heterocycles. The third-order valence-electron chi connectivity index (χ3n) is 2.76. The molecule has 2 aromatic rings. The van der Waals surface area contributed by atoms with E-state index in [0.29, 0.717) is 13.1 Å². The summed E-state index contributed by atoms with van der Waals surface area (Å²) in [6, 6.07) is 5.74. The molecule has 5 heteroatoms. The summed E-state index contributed by atoms with van der Waals surface area (Å²) >= 11 is 0. The first-order chi connectivity index (χ1) is 8.22. The Kier molecular flexibility index (Phi) is 3.73. The predicted octanol–water partition coefficient (Wildman–Crippen LogP) is 0.189. The number of nitrogens with one attached hydrogen (secondary N) is 1. The molecule has 3 N–H and O–H groups in total. The predicted molar refractivity (Wildman–Crippen MR) is 65.6 cm³/mol. The van der Waals surface area contributed by atoms with Gasteiger partial charge in [-0.1, -0.05) is 6.07 Å². The van der Waals surface area contributed by atoms with E-state index in [9.17, 15) is 5.11 Å². The highest BCUT2D eigenvalue weighted by Crippen LogP contribution is 2.18. The van der Waals surface area contributed by atoms with Gasteiger partial charge in [0.25, 0.3) is 0 Å². The Morgan fingerprint density at radius 2 is 2.29 bits per heavy atom. The van der Waals surface area contributed by atoms with Gasteiger partial charge in [-0.3, -0.25) is 0 Å². The molecule has 0 saturated carbocycles. The summed E-state index contributed by atoms with van der Waals surface area (Å²) in [6.45, 7) is 0.994. The number of fused-ring (bicyclic) bond motifs is 1. The fourth-order valence-electron chi connectivity index (χ4n) is 1.80. The second-order valence-corrected chi connectivity index (χ2v) is 4.05. The molecule has 17 heavy (non-hydrogen) atoms. The number of imidazole rings is 1. The summed E-state index contributed by atoms with van der Waals surface area (Å²) in [5, 5.41) is 21.5. The SMILES string of the molecule is Cn1cnc2cc(C(O)CNCCO)ccc21. The molecule has 0 aliphatic rings. The number of rotatable bonds is 5. The van der Waals surface area contributed by atoms with E-state index in [4.69, 9.17) is 5.11 Å². The van der Waals surface area contributed by atoms with E-state index >= 15 is 0 Å². The average Bonchev–Trinajstić information content (AvgIpc) is 2.71. The van der Waals surface area contributed by atoms with Crippen molar-refractivity contribution in [3.63, 3.8) is 0 Å². The van der Waals surface area contributed by atoms with Crippen molar-refractivity contribution < 1.29 is 10.2 Å². The first-order valence-electron chi connectivity index (χ1n) is 5.63. The Morgan fingerprint density at radius 3 is 3.06 bits per heavy atom. The van der Waals surface area contributed by atoms with Crippen molar-refractivity contribution in [1.82, 2.24) is 14.9 Å². The Morgan fingerprint density at radius 1 is 1.47 bits per heavy atom. The lowest BCUT2D eigenvalue weighted by atomic mass is 10.1. The van der Waals surface area contributed by atoms with Gasteiger partial charge >= 0.3 is 0 Å². The molecular formula is C12H17N3O2. The minimum absolute atomic E-state index is 0.0754. The minimum atomic E-state index is -0.576. The van der Waals surface area contributed by atoms with E-state index < -0.39 is 6.10 Å². The molecule has 1 aromatic carbocycles. The van der Waals surface area contributed by atoms with Crippen LogP contribution in [-0.4, -0.2) is 39.5 Å². The van der Waals surface area contributed by atoms with Crippen molar-refractivity contribution in [2.75, 3.05) is 19.7 Å². The van der Waals surface area contributed by atoms with E-state index in [2.05, 4.69) is 10.3 Å². The molecule has 5 nitrogen and oxygen atoms in total. The van der Waals surface area contributed by atoms with Crippen LogP contribution in [0.5, 0.6) is 0 Å². The van der Waals surface area contributed by atoms with Crippen LogP contribution < -0.4 is 5.32 Å². The number of aliphatic hydroxyl groups is 2. The van der Waals surface area contributed by atoms with Crippen LogP contribution >= 0.6 is 0 Å². The van der Waals surface area contributed by atoms with Gasteiger partial charge in [0.2, 0.25) is 0 Å². The van der Waals surface area contributed by atoms with Gasteiger partial charge < -0.3 is 20.1 Å². The van der Waals surface area contributed by atoms with Crippen LogP contribution in [0.2, 0.25) is 0 Å². The maximum absolute atomic E-state index is 9.93. The number of aryl methyl sites for hydroxylation is 1. The Hall–Kier alpha value is -1.43. The zero-order chi connectivity index (χ0) is 12.3. The standard InChI is InChI=1S/C12H17N3O2/c1-15-8-14-10-6-9(2-3-11(10)15)12(17)7-13-4-5-16/h2-3,6,8,12-13,16-17H,4-5,7H2,1H3. The van der Waals surface area contributed by atoms with Crippen LogP contribution in [-0.2, 0) is 7.05 Å². The van der Waals surface area contributed by atoms with Crippen molar-refractivity contribution in [1.29, 1.82) is 0 Å². The van der Waals surface area contributed by atoms with E-state index in [1.165, 1.54) is 0 Å². The molecule has 0 aliphatic carbocycles. The van der Waals surface area contributed by atoms with Gasteiger partial charge in [-0.05, 0) is 17.7 Å². The number of hydrogen-bond donors (Lipinski definition) is 3. The van der Waals surface area contributed by atoms with E-state index in [1.807, 2.05) is 29.8 Å². The van der Waals surface area contributed by atoms with Gasteiger partial charge in [0, 0.05) is 20.1 Å². The first-order valence-corrected chi connectivity index (χ1v) is 5.63. The van der Waals surface area contributed by atoms with Crippen molar-refractivity contribution in [2.45, 2.75) is 6.10 Å². The fourth-order valence-corrected chi connectivity index (χ4v) is 1.80. The topological polar surface area (TPSA) is 70.3 Å². The molecule has 0 amide bonds. The molecule has 0 bridgehead atoms. The Labute approximate surface area is 99.7 Å². The van der Waals surface area contributed by atoms with Crippen LogP contribution in [0.4, 0.5) is 0 Å². The fraction of sp³-hybridized carbons (Fsp3) is 0.417. The summed E-state index contributed by atoms with van der Waals surface area (Å²) in [4.78, 5) is 4.25. The number of benzene rings is 1. The quantitative estimate of drug-likeness (QED) is 0.647. The lowest BCUT2D eigenvalue weighted by molar-refractivity contribution is 0.171. The third kappa shape index (κ3) is 2.63. The second-order valence-electron chi connectivity index (χ2n) is 4.05. The van der Waals surface area contributed by atoms with Gasteiger partial charge in [0.15, 0.2) is 0 Å². The van der Waals surface area contributed by atoms with E-state index in [-0.39, 0.29) is 6.61 Å². The molecule has 2 rings (SSSR count). The van der Waals surface area contributed by atoms with Crippen molar-refractivity contribution in [3.05, 3.63) is 30.1 Å². The summed E-state index contributed by atoms with van der Waals surface area (Å²) in [5.74, 6) is 0. The molecule has 0 fully saturated rings. The molecule has 0 spiro atoms. The highest BCUT2D eigenvalue weighted by atomic mass is 16.3. The summed E-state index contributed by atoms with van der Waals surface area (Å²) in [7, 11) is 1.94. The van der Waals surface area contributed by atoms with Crippen LogP contribution in [0.3, 0.4) is 0 Å². The Balaban J connectivity index is 2.12. The number of aliphatic hydroxyl groups excluding tert-OH is 2. The molecule has 0 radical (unpaired) electrons. The molecule has 1 unspecified atom stereocenters. The highest BCUT2D eigenvalue weighted by molar-refractivity contribution is 5.76. The second kappa shape index (κ2) is 5.27. The summed E-state index contributed by atoms with van der Waals surface area (Å²) in [6.07, 6.45) is 1.18. The van der Waals surface area contributed by atoms with Crippen molar-refractivity contribution in [2.24, 2.45) is 7.05 Å². The number of nitrogens with zero attached hydrogens (tertiary/aromatic N) is 2. The smallest absolute Gasteiger partial charge is 0.0955 e. The van der Waals surface area contributed by atoms with Crippen LogP contribution in [0, 0.1) is 0 Å². The lowest BCUT2D eigenvalue weighted by Gasteiger charge is -2.11. The maximum atomic E-state index is 9.93. The molecular weight excluding hydrogens is 218 g/mol. The van der Waals surface area contributed by atoms with Gasteiger partial charge in [-0.15, -0.1) is 0 Å². The van der Waals surface area contributed by atoms with Gasteiger partial charge in [0.05, 0.1) is 30.1 Å². The monoisotopic (exact) mass is 235 g/mol. The zero-order valence-electron chi connectivity index (χ0n) is 9.80. The summed E-state index contributed by atoms with van der Waals surface area (Å²) < 4.78 is 1.94. The zero-order valence-corrected chi connectivity index (χ0v) is 9.80. The van der Waals surface area contributed by atoms with Gasteiger partial charge in [-0.2, -0.15) is 0 Å². The average molecular weight is 235 g/mol. The minimum Gasteiger partial charge on any atom is -0.395 e. The lowest BCUT2D eigenvalue weighted by Crippen LogP contribution is -2.24. The normalized spacial score (nSPS) is 13.1. The Bertz CT molecular complexity index is 495. The number of hydrogen-bond acceptors (Lipinski definition) is 4. The molecule has 92 valence electrons. The molecule has 0 aliphatic heterocycles. The maximum Gasteiger partial charge on any atom is 0.0955 e. The molecule has 1 aromatic heterocycles. The molecule has 1 heterocycles. The van der Waals surface area contributed by atoms with Crippen LogP contribution in [0.25, 0.3) is 11.0 Å². The van der Waals surface area contributed by atoms with Crippen molar-refractivity contribution >= 4 is 11.0 Å². The van der Waals surface area contributed by atoms with Crippen molar-refractivity contribution in [3.8, 4) is 0 Å². The first kappa shape index (κ1) is 12.0. The van der Waals surface area contributed by atoms with E-state index in [0.717, 1.165) is 16.6 Å². The molecule has 1 atom stereocenters. The van der Waals surface area contributed by atoms with Gasteiger partial charge in [-0.25, -0.2) is 4.98 Å². The van der Waals surface area contributed by atoms with Crippen LogP contribution in [0.15, 0.2) is 24.5 Å². The number of aromatic nitrogens is 2. The third-order valence-corrected chi connectivity index (χ3v) is 2.76. The largest absolute Gasteiger partial charge is 0.395 e. The van der Waals surface area contributed by atoms with E-state index in [1.54, 1.807) is 6.33 Å². The highest BCUT2D eigenvalue weighted by Gasteiger charge is 2.09. The van der Waals surface area contributed by atoms with Gasteiger partial charge in [0.1, 0.15) is 0 Å². The summed E-state index contributed by atoms with van der Waals surface area (Å²) in [5.41, 5.74) is 2.76. The van der Waals surface area contributed by atoms with Crippen LogP contribution in [0.1, 0.15) is 11.7 Å².